The molecule has 2 aromatic rings. The fourth-order valence-corrected chi connectivity index (χ4v) is 4.88. The normalized spacial score (nSPS) is 20.1. The molecule has 0 radical (unpaired) electrons. The van der Waals surface area contributed by atoms with Gasteiger partial charge >= 0.3 is 5.97 Å². The minimum atomic E-state index is -0.648. The molecule has 9 heteroatoms. The number of carbonyl (C=O) groups excluding carboxylic acids is 1. The highest BCUT2D eigenvalue weighted by Crippen LogP contribution is 2.46. The van der Waals surface area contributed by atoms with Crippen LogP contribution in [0, 0.1) is 11.8 Å². The average molecular weight is 477 g/mol. The van der Waals surface area contributed by atoms with Crippen LogP contribution in [-0.2, 0) is 29.2 Å². The van der Waals surface area contributed by atoms with Crippen LogP contribution < -0.4 is 4.90 Å². The molecule has 0 bridgehead atoms. The summed E-state index contributed by atoms with van der Waals surface area (Å²) >= 11 is 0. The first-order valence-electron chi connectivity index (χ1n) is 11.6. The number of pyridine rings is 1. The van der Waals surface area contributed by atoms with Crippen molar-refractivity contribution in [2.45, 2.75) is 33.1 Å². The van der Waals surface area contributed by atoms with Crippen molar-refractivity contribution in [3.63, 3.8) is 0 Å². The summed E-state index contributed by atoms with van der Waals surface area (Å²) in [7, 11) is -0.648. The first-order chi connectivity index (χ1) is 15.8. The standard InChI is InChI=1S/C24H36N4O4S/c1-5-32-24(30)22-12-20(26-28(22)16-31-8-9-33(2,3)4)11-17-6-7-23(25-21(17)15-29)27-13-18-10-19(18)14-27/h6-7,12,18-19,29H,5,8-11,13-16H2,1-4H3. The molecule has 2 aromatic heterocycles. The van der Waals surface area contributed by atoms with E-state index in [9.17, 15) is 9.90 Å². The quantitative estimate of drug-likeness (QED) is 0.394. The van der Waals surface area contributed by atoms with Gasteiger partial charge in [-0.1, -0.05) is 6.07 Å². The smallest absolute Gasteiger partial charge is 0.356 e. The van der Waals surface area contributed by atoms with E-state index >= 15 is 0 Å². The predicted molar refractivity (Wildman–Crippen MR) is 131 cm³/mol. The third-order valence-electron chi connectivity index (χ3n) is 6.25. The number of hydrogen-bond donors (Lipinski definition) is 1. The third kappa shape index (κ3) is 6.07. The highest BCUT2D eigenvalue weighted by atomic mass is 32.3. The number of esters is 1. The van der Waals surface area contributed by atoms with Gasteiger partial charge in [0.05, 0.1) is 31.2 Å². The Morgan fingerprint density at radius 3 is 2.67 bits per heavy atom. The van der Waals surface area contributed by atoms with E-state index in [1.807, 2.05) is 12.1 Å². The lowest BCUT2D eigenvalue weighted by Gasteiger charge is -2.24. The molecule has 1 aliphatic carbocycles. The predicted octanol–water partition coefficient (Wildman–Crippen LogP) is 2.66. The molecule has 2 aliphatic rings. The maximum atomic E-state index is 12.5. The van der Waals surface area contributed by atoms with E-state index in [2.05, 4.69) is 28.8 Å². The summed E-state index contributed by atoms with van der Waals surface area (Å²) in [6.45, 7) is 4.89. The molecular weight excluding hydrogens is 440 g/mol. The van der Waals surface area contributed by atoms with E-state index in [-0.39, 0.29) is 13.3 Å². The summed E-state index contributed by atoms with van der Waals surface area (Å²) in [5.74, 6) is 3.15. The molecule has 1 aliphatic heterocycles. The highest BCUT2D eigenvalue weighted by molar-refractivity contribution is 8.32. The van der Waals surface area contributed by atoms with Crippen LogP contribution in [0.3, 0.4) is 0 Å². The average Bonchev–Trinajstić information content (AvgIpc) is 3.17. The molecule has 0 spiro atoms. The largest absolute Gasteiger partial charge is 0.461 e. The van der Waals surface area contributed by atoms with Crippen molar-refractivity contribution in [3.05, 3.63) is 40.8 Å². The molecule has 1 N–H and O–H groups in total. The number of rotatable bonds is 11. The topological polar surface area (TPSA) is 89.7 Å². The summed E-state index contributed by atoms with van der Waals surface area (Å²) in [6.07, 6.45) is 8.55. The van der Waals surface area contributed by atoms with Crippen LogP contribution in [0.1, 0.15) is 40.8 Å². The van der Waals surface area contributed by atoms with Gasteiger partial charge in [0.1, 0.15) is 18.2 Å². The molecule has 1 saturated carbocycles. The van der Waals surface area contributed by atoms with Crippen LogP contribution in [0.15, 0.2) is 18.2 Å². The molecule has 0 aromatic carbocycles. The van der Waals surface area contributed by atoms with Crippen LogP contribution in [0.2, 0.25) is 0 Å². The van der Waals surface area contributed by atoms with Gasteiger partial charge in [0.25, 0.3) is 0 Å². The Morgan fingerprint density at radius 1 is 1.24 bits per heavy atom. The molecule has 182 valence electrons. The van der Waals surface area contributed by atoms with Gasteiger partial charge in [0, 0.05) is 25.3 Å². The van der Waals surface area contributed by atoms with Gasteiger partial charge in [-0.25, -0.2) is 24.5 Å². The summed E-state index contributed by atoms with van der Waals surface area (Å²) in [6, 6.07) is 5.80. The summed E-state index contributed by atoms with van der Waals surface area (Å²) in [4.78, 5) is 19.5. The second kappa shape index (κ2) is 10.0. The number of aromatic nitrogens is 3. The lowest BCUT2D eigenvalue weighted by atomic mass is 10.1. The molecule has 2 unspecified atom stereocenters. The zero-order valence-corrected chi connectivity index (χ0v) is 20.9. The molecule has 3 heterocycles. The van der Waals surface area contributed by atoms with Gasteiger partial charge in [-0.2, -0.15) is 5.10 Å². The molecular formula is C24H36N4O4S. The van der Waals surface area contributed by atoms with Gasteiger partial charge in [0.15, 0.2) is 0 Å². The first kappa shape index (κ1) is 24.0. The van der Waals surface area contributed by atoms with E-state index in [0.29, 0.717) is 31.0 Å². The minimum absolute atomic E-state index is 0.131. The maximum absolute atomic E-state index is 12.5. The Morgan fingerprint density at radius 2 is 2.00 bits per heavy atom. The van der Waals surface area contributed by atoms with Crippen molar-refractivity contribution in [3.8, 4) is 0 Å². The maximum Gasteiger partial charge on any atom is 0.356 e. The van der Waals surface area contributed by atoms with Gasteiger partial charge in [-0.05, 0) is 61.6 Å². The first-order valence-corrected chi connectivity index (χ1v) is 14.6. The lowest BCUT2D eigenvalue weighted by molar-refractivity contribution is 0.0458. The summed E-state index contributed by atoms with van der Waals surface area (Å²) < 4.78 is 12.6. The van der Waals surface area contributed by atoms with E-state index in [1.165, 1.54) is 6.42 Å². The Labute approximate surface area is 197 Å². The Bertz CT molecular complexity index is 977. The number of fused-ring (bicyclic) bond motifs is 1. The third-order valence-corrected chi connectivity index (χ3v) is 7.64. The Hall–Kier alpha value is -2.10. The van der Waals surface area contributed by atoms with Crippen molar-refractivity contribution >= 4 is 21.8 Å². The number of piperidine rings is 1. The number of carbonyl (C=O) groups is 1. The second-order valence-corrected chi connectivity index (χ2v) is 14.4. The van der Waals surface area contributed by atoms with E-state index in [0.717, 1.165) is 47.8 Å². The number of aliphatic hydroxyl groups is 1. The monoisotopic (exact) mass is 476 g/mol. The zero-order valence-electron chi connectivity index (χ0n) is 20.1. The van der Waals surface area contributed by atoms with E-state index < -0.39 is 16.0 Å². The van der Waals surface area contributed by atoms with Gasteiger partial charge in [-0.3, -0.25) is 0 Å². The molecule has 8 nitrogen and oxygen atoms in total. The molecule has 0 amide bonds. The molecule has 33 heavy (non-hydrogen) atoms. The fourth-order valence-electron chi connectivity index (χ4n) is 4.26. The number of ether oxygens (including phenoxy) is 2. The van der Waals surface area contributed by atoms with Crippen LogP contribution in [0.5, 0.6) is 0 Å². The van der Waals surface area contributed by atoms with Crippen LogP contribution >= 0.6 is 10.0 Å². The van der Waals surface area contributed by atoms with E-state index in [1.54, 1.807) is 17.7 Å². The molecule has 2 fully saturated rings. The Balaban J connectivity index is 1.47. The van der Waals surface area contributed by atoms with Crippen molar-refractivity contribution in [2.75, 3.05) is 55.7 Å². The SMILES string of the molecule is CCOC(=O)c1cc(Cc2ccc(N3CC4CC4C3)nc2CO)nn1COCCS(C)(C)C. The molecule has 4 rings (SSSR count). The minimum Gasteiger partial charge on any atom is -0.461 e. The van der Waals surface area contributed by atoms with E-state index in [4.69, 9.17) is 14.5 Å². The zero-order chi connectivity index (χ0) is 23.6. The Kier molecular flexibility index (Phi) is 7.31. The fraction of sp³-hybridized carbons (Fsp3) is 0.625. The van der Waals surface area contributed by atoms with Crippen LogP contribution in [0.4, 0.5) is 5.82 Å². The molecule has 2 atom stereocenters. The van der Waals surface area contributed by atoms with Gasteiger partial charge in [-0.15, -0.1) is 0 Å². The summed E-state index contributed by atoms with van der Waals surface area (Å²) in [5.41, 5.74) is 2.66. The van der Waals surface area contributed by atoms with Gasteiger partial charge < -0.3 is 19.5 Å². The van der Waals surface area contributed by atoms with Crippen molar-refractivity contribution < 1.29 is 19.4 Å². The number of nitrogens with zero attached hydrogens (tertiary/aromatic N) is 4. The van der Waals surface area contributed by atoms with Crippen LogP contribution in [-0.4, -0.2) is 76.7 Å². The van der Waals surface area contributed by atoms with Crippen molar-refractivity contribution in [2.24, 2.45) is 11.8 Å². The lowest BCUT2D eigenvalue weighted by Crippen LogP contribution is -2.23. The molecule has 1 saturated heterocycles. The van der Waals surface area contributed by atoms with Gasteiger partial charge in [0.2, 0.25) is 0 Å². The summed E-state index contributed by atoms with van der Waals surface area (Å²) in [5, 5.41) is 14.6. The van der Waals surface area contributed by atoms with Crippen molar-refractivity contribution in [1.29, 1.82) is 0 Å². The number of aliphatic hydroxyl groups excluding tert-OH is 1. The van der Waals surface area contributed by atoms with Crippen molar-refractivity contribution in [1.82, 2.24) is 14.8 Å². The number of anilines is 1. The van der Waals surface area contributed by atoms with Crippen LogP contribution in [0.25, 0.3) is 0 Å². The number of hydrogen-bond acceptors (Lipinski definition) is 7. The highest BCUT2D eigenvalue weighted by Gasteiger charge is 2.45. The second-order valence-electron chi connectivity index (χ2n) is 9.84.